The second-order valence-corrected chi connectivity index (χ2v) is 9.40. The van der Waals surface area contributed by atoms with E-state index in [4.69, 9.17) is 4.98 Å². The number of benzene rings is 1. The second kappa shape index (κ2) is 10.4. The largest absolute Gasteiger partial charge is 0.353 e. The van der Waals surface area contributed by atoms with Crippen molar-refractivity contribution < 1.29 is 4.79 Å². The van der Waals surface area contributed by atoms with Crippen molar-refractivity contribution in [3.05, 3.63) is 34.6 Å². The minimum Gasteiger partial charge on any atom is -0.353 e. The monoisotopic (exact) mass is 428 g/mol. The van der Waals surface area contributed by atoms with Gasteiger partial charge in [-0.2, -0.15) is 0 Å². The Morgan fingerprint density at radius 1 is 1.07 bits per heavy atom. The topological polar surface area (TPSA) is 67.2 Å². The van der Waals surface area contributed by atoms with Gasteiger partial charge in [0.1, 0.15) is 0 Å². The molecule has 2 aromatic rings. The van der Waals surface area contributed by atoms with Crippen LogP contribution in [0.3, 0.4) is 0 Å². The van der Waals surface area contributed by atoms with Crippen molar-refractivity contribution in [2.45, 2.75) is 69.1 Å². The van der Waals surface area contributed by atoms with E-state index in [1.807, 2.05) is 24.3 Å². The number of nitrogens with zero attached hydrogens (tertiary/aromatic N) is 3. The van der Waals surface area contributed by atoms with Gasteiger partial charge in [-0.25, -0.2) is 4.98 Å². The molecule has 0 bridgehead atoms. The fraction of sp³-hybridized carbons (Fsp3) is 0.609. The number of aromatic nitrogens is 2. The van der Waals surface area contributed by atoms with Gasteiger partial charge in [-0.1, -0.05) is 43.2 Å². The number of thioether (sulfide) groups is 1. The summed E-state index contributed by atoms with van der Waals surface area (Å²) in [6, 6.07) is 7.81. The summed E-state index contributed by atoms with van der Waals surface area (Å²) in [6.07, 6.45) is 9.33. The number of likely N-dealkylation sites (tertiary alicyclic amines) is 1. The van der Waals surface area contributed by atoms with E-state index in [1.54, 1.807) is 4.57 Å². The second-order valence-electron chi connectivity index (χ2n) is 8.46. The third-order valence-corrected chi connectivity index (χ3v) is 7.16. The first-order valence-electron chi connectivity index (χ1n) is 11.3. The molecule has 2 fully saturated rings. The molecular formula is C23H32N4O2S. The third kappa shape index (κ3) is 5.43. The van der Waals surface area contributed by atoms with Gasteiger partial charge in [-0.3, -0.25) is 14.2 Å². The third-order valence-electron chi connectivity index (χ3n) is 6.18. The molecule has 162 valence electrons. The van der Waals surface area contributed by atoms with Crippen LogP contribution < -0.4 is 10.9 Å². The molecule has 7 heteroatoms. The maximum Gasteiger partial charge on any atom is 0.262 e. The first kappa shape index (κ1) is 21.4. The molecule has 1 saturated heterocycles. The van der Waals surface area contributed by atoms with Crippen LogP contribution >= 0.6 is 11.8 Å². The van der Waals surface area contributed by atoms with Crippen molar-refractivity contribution in [2.75, 3.05) is 25.4 Å². The van der Waals surface area contributed by atoms with Crippen molar-refractivity contribution in [3.63, 3.8) is 0 Å². The van der Waals surface area contributed by atoms with E-state index in [1.165, 1.54) is 43.9 Å². The molecule has 0 spiro atoms. The molecule has 1 aliphatic heterocycles. The fourth-order valence-electron chi connectivity index (χ4n) is 4.56. The van der Waals surface area contributed by atoms with Gasteiger partial charge in [-0.15, -0.1) is 0 Å². The number of carbonyl (C=O) groups excluding carboxylic acids is 1. The molecule has 2 aliphatic rings. The molecule has 1 aliphatic carbocycles. The van der Waals surface area contributed by atoms with Gasteiger partial charge in [0.25, 0.3) is 5.56 Å². The quantitative estimate of drug-likeness (QED) is 0.515. The minimum atomic E-state index is -0.00190. The SMILES string of the molecule is O=C(CSc1nc2ccccc2c(=O)n1CCCN1CCCCC1)NC1CCCC1. The molecule has 1 N–H and O–H groups in total. The van der Waals surface area contributed by atoms with Crippen LogP contribution in [-0.2, 0) is 11.3 Å². The summed E-state index contributed by atoms with van der Waals surface area (Å²) in [5, 5.41) is 4.43. The molecule has 1 amide bonds. The zero-order chi connectivity index (χ0) is 20.8. The Labute approximate surface area is 182 Å². The van der Waals surface area contributed by atoms with Crippen LogP contribution in [-0.4, -0.2) is 51.8 Å². The predicted molar refractivity (Wildman–Crippen MR) is 122 cm³/mol. The van der Waals surface area contributed by atoms with Crippen molar-refractivity contribution >= 4 is 28.6 Å². The number of carbonyl (C=O) groups is 1. The Morgan fingerprint density at radius 3 is 2.63 bits per heavy atom. The summed E-state index contributed by atoms with van der Waals surface area (Å²) in [5.41, 5.74) is 0.700. The van der Waals surface area contributed by atoms with E-state index in [9.17, 15) is 9.59 Å². The Balaban J connectivity index is 1.45. The molecule has 4 rings (SSSR count). The van der Waals surface area contributed by atoms with Gasteiger partial charge < -0.3 is 10.2 Å². The van der Waals surface area contributed by atoms with Crippen LogP contribution in [0.15, 0.2) is 34.2 Å². The Kier molecular flexibility index (Phi) is 7.44. The van der Waals surface area contributed by atoms with Gasteiger partial charge >= 0.3 is 0 Å². The normalized spacial score (nSPS) is 18.1. The molecule has 1 aromatic heterocycles. The Hall–Kier alpha value is -1.86. The lowest BCUT2D eigenvalue weighted by Gasteiger charge is -2.26. The number of hydrogen-bond donors (Lipinski definition) is 1. The lowest BCUT2D eigenvalue weighted by molar-refractivity contribution is -0.119. The number of para-hydroxylation sites is 1. The molecule has 6 nitrogen and oxygen atoms in total. The number of piperidine rings is 1. The van der Waals surface area contributed by atoms with Crippen molar-refractivity contribution in [1.82, 2.24) is 19.8 Å². The molecular weight excluding hydrogens is 396 g/mol. The maximum absolute atomic E-state index is 13.2. The molecule has 0 unspecified atom stereocenters. The first-order valence-corrected chi connectivity index (χ1v) is 12.3. The van der Waals surface area contributed by atoms with E-state index in [0.29, 0.717) is 34.4 Å². The molecule has 2 heterocycles. The van der Waals surface area contributed by atoms with E-state index < -0.39 is 0 Å². The van der Waals surface area contributed by atoms with E-state index >= 15 is 0 Å². The van der Waals surface area contributed by atoms with E-state index in [-0.39, 0.29) is 11.5 Å². The average Bonchev–Trinajstić information content (AvgIpc) is 3.28. The zero-order valence-corrected chi connectivity index (χ0v) is 18.5. The molecule has 30 heavy (non-hydrogen) atoms. The number of amides is 1. The van der Waals surface area contributed by atoms with Crippen LogP contribution in [0.2, 0.25) is 0 Å². The summed E-state index contributed by atoms with van der Waals surface area (Å²) in [4.78, 5) is 32.8. The smallest absolute Gasteiger partial charge is 0.262 e. The number of nitrogens with one attached hydrogen (secondary N) is 1. The van der Waals surface area contributed by atoms with Gasteiger partial charge in [0, 0.05) is 12.6 Å². The lowest BCUT2D eigenvalue weighted by Crippen LogP contribution is -2.34. The van der Waals surface area contributed by atoms with Gasteiger partial charge in [0.15, 0.2) is 5.16 Å². The van der Waals surface area contributed by atoms with Crippen LogP contribution in [0.5, 0.6) is 0 Å². The molecule has 1 aromatic carbocycles. The molecule has 1 saturated carbocycles. The van der Waals surface area contributed by atoms with Crippen LogP contribution in [0.1, 0.15) is 51.4 Å². The molecule has 0 atom stereocenters. The van der Waals surface area contributed by atoms with Crippen molar-refractivity contribution in [2.24, 2.45) is 0 Å². The highest BCUT2D eigenvalue weighted by atomic mass is 32.2. The highest BCUT2D eigenvalue weighted by molar-refractivity contribution is 7.99. The summed E-state index contributed by atoms with van der Waals surface area (Å²) in [7, 11) is 0. The van der Waals surface area contributed by atoms with Gasteiger partial charge in [-0.05, 0) is 63.9 Å². The lowest BCUT2D eigenvalue weighted by atomic mass is 10.1. The summed E-state index contributed by atoms with van der Waals surface area (Å²) < 4.78 is 1.78. The highest BCUT2D eigenvalue weighted by Gasteiger charge is 2.19. The summed E-state index contributed by atoms with van der Waals surface area (Å²) in [5.74, 6) is 0.335. The highest BCUT2D eigenvalue weighted by Crippen LogP contribution is 2.20. The summed E-state index contributed by atoms with van der Waals surface area (Å²) in [6.45, 7) is 3.97. The average molecular weight is 429 g/mol. The van der Waals surface area contributed by atoms with Crippen LogP contribution in [0, 0.1) is 0 Å². The summed E-state index contributed by atoms with van der Waals surface area (Å²) >= 11 is 1.38. The van der Waals surface area contributed by atoms with Crippen LogP contribution in [0.4, 0.5) is 0 Å². The predicted octanol–water partition coefficient (Wildman–Crippen LogP) is 3.42. The van der Waals surface area contributed by atoms with Gasteiger partial charge in [0.05, 0.1) is 16.7 Å². The zero-order valence-electron chi connectivity index (χ0n) is 17.6. The number of rotatable bonds is 8. The van der Waals surface area contributed by atoms with Crippen LogP contribution in [0.25, 0.3) is 10.9 Å². The van der Waals surface area contributed by atoms with Gasteiger partial charge in [0.2, 0.25) is 5.91 Å². The van der Waals surface area contributed by atoms with Crippen molar-refractivity contribution in [3.8, 4) is 0 Å². The van der Waals surface area contributed by atoms with E-state index in [0.717, 1.165) is 38.9 Å². The number of fused-ring (bicyclic) bond motifs is 1. The maximum atomic E-state index is 13.2. The first-order chi connectivity index (χ1) is 14.7. The minimum absolute atomic E-state index is 0.00190. The standard InChI is InChI=1S/C23H32N4O2S/c28-21(24-18-9-2-3-10-18)17-30-23-25-20-12-5-4-11-19(20)22(29)27(23)16-8-15-26-13-6-1-7-14-26/h4-5,11-12,18H,1-3,6-10,13-17H2,(H,24,28). The fourth-order valence-corrected chi connectivity index (χ4v) is 5.40. The van der Waals surface area contributed by atoms with E-state index in [2.05, 4.69) is 10.2 Å². The van der Waals surface area contributed by atoms with Crippen molar-refractivity contribution in [1.29, 1.82) is 0 Å². The molecule has 0 radical (unpaired) electrons. The number of hydrogen-bond acceptors (Lipinski definition) is 5. The Bertz CT molecular complexity index is 917. The Morgan fingerprint density at radius 2 is 1.83 bits per heavy atom.